The molecule has 0 fully saturated rings. The Morgan fingerprint density at radius 2 is 2.05 bits per heavy atom. The highest BCUT2D eigenvalue weighted by Gasteiger charge is 2.28. The van der Waals surface area contributed by atoms with Crippen LogP contribution in [0, 0.1) is 5.82 Å². The van der Waals surface area contributed by atoms with E-state index in [4.69, 9.17) is 4.74 Å². The molecule has 0 radical (unpaired) electrons. The average molecular weight is 323 g/mol. The highest BCUT2D eigenvalue weighted by atomic mass is 79.9. The number of rotatable bonds is 1. The summed E-state index contributed by atoms with van der Waals surface area (Å²) in [7, 11) is 0. The molecule has 1 aliphatic heterocycles. The molecule has 2 unspecified atom stereocenters. The lowest BCUT2D eigenvalue weighted by atomic mass is 9.95. The summed E-state index contributed by atoms with van der Waals surface area (Å²) in [5, 5.41) is 10.2. The molecule has 0 saturated heterocycles. The minimum Gasteiger partial charge on any atom is -0.485 e. The summed E-state index contributed by atoms with van der Waals surface area (Å²) in [6.07, 6.45) is -0.490. The molecule has 4 heteroatoms. The van der Waals surface area contributed by atoms with E-state index >= 15 is 0 Å². The summed E-state index contributed by atoms with van der Waals surface area (Å²) >= 11 is 3.38. The molecule has 0 aliphatic carbocycles. The normalized spacial score (nSPS) is 21.6. The van der Waals surface area contributed by atoms with Crippen LogP contribution in [0.2, 0.25) is 0 Å². The number of fused-ring (bicyclic) bond motifs is 1. The summed E-state index contributed by atoms with van der Waals surface area (Å²) in [6, 6.07) is 11.8. The molecule has 19 heavy (non-hydrogen) atoms. The molecule has 0 aromatic heterocycles. The van der Waals surface area contributed by atoms with E-state index in [1.54, 1.807) is 6.07 Å². The highest BCUT2D eigenvalue weighted by Crippen LogP contribution is 2.41. The van der Waals surface area contributed by atoms with Gasteiger partial charge in [-0.3, -0.25) is 0 Å². The zero-order chi connectivity index (χ0) is 13.4. The molecule has 2 aromatic rings. The third kappa shape index (κ3) is 2.51. The summed E-state index contributed by atoms with van der Waals surface area (Å²) < 4.78 is 20.0. The number of aliphatic hydroxyl groups is 1. The Morgan fingerprint density at radius 3 is 2.84 bits per heavy atom. The predicted octanol–water partition coefficient (Wildman–Crippen LogP) is 4.15. The Labute approximate surface area is 119 Å². The van der Waals surface area contributed by atoms with Gasteiger partial charge in [-0.25, -0.2) is 4.39 Å². The van der Waals surface area contributed by atoms with E-state index in [1.165, 1.54) is 12.1 Å². The minimum absolute atomic E-state index is 0.296. The van der Waals surface area contributed by atoms with E-state index in [0.29, 0.717) is 12.2 Å². The molecule has 0 saturated carbocycles. The van der Waals surface area contributed by atoms with Gasteiger partial charge in [0.1, 0.15) is 17.7 Å². The Balaban J connectivity index is 1.96. The molecule has 0 spiro atoms. The molecule has 2 aromatic carbocycles. The van der Waals surface area contributed by atoms with Crippen LogP contribution in [-0.2, 0) is 0 Å². The SMILES string of the molecule is OC1CC(c2cccc(F)c2)Oc2cc(Br)ccc21. The monoisotopic (exact) mass is 322 g/mol. The van der Waals surface area contributed by atoms with Gasteiger partial charge >= 0.3 is 0 Å². The molecule has 1 N–H and O–H groups in total. The van der Waals surface area contributed by atoms with Gasteiger partial charge in [-0.1, -0.05) is 34.1 Å². The van der Waals surface area contributed by atoms with Gasteiger partial charge in [0.25, 0.3) is 0 Å². The molecule has 1 aliphatic rings. The molecular formula is C15H12BrFO2. The second kappa shape index (κ2) is 4.94. The maximum atomic E-state index is 13.3. The largest absolute Gasteiger partial charge is 0.485 e. The fourth-order valence-corrected chi connectivity index (χ4v) is 2.67. The van der Waals surface area contributed by atoms with E-state index in [0.717, 1.165) is 15.6 Å². The highest BCUT2D eigenvalue weighted by molar-refractivity contribution is 9.10. The van der Waals surface area contributed by atoms with Gasteiger partial charge in [-0.05, 0) is 29.8 Å². The molecule has 2 nitrogen and oxygen atoms in total. The molecule has 0 amide bonds. The smallest absolute Gasteiger partial charge is 0.127 e. The molecule has 3 rings (SSSR count). The van der Waals surface area contributed by atoms with Gasteiger partial charge in [0.05, 0.1) is 6.10 Å². The van der Waals surface area contributed by atoms with Crippen LogP contribution in [0.15, 0.2) is 46.9 Å². The average Bonchev–Trinajstić information content (AvgIpc) is 2.38. The van der Waals surface area contributed by atoms with E-state index in [1.807, 2.05) is 24.3 Å². The molecule has 0 bridgehead atoms. The second-order valence-electron chi connectivity index (χ2n) is 4.60. The van der Waals surface area contributed by atoms with Crippen molar-refractivity contribution in [3.8, 4) is 5.75 Å². The van der Waals surface area contributed by atoms with Crippen molar-refractivity contribution in [3.63, 3.8) is 0 Å². The lowest BCUT2D eigenvalue weighted by Gasteiger charge is -2.30. The fraction of sp³-hybridized carbons (Fsp3) is 0.200. The number of aliphatic hydroxyl groups excluding tert-OH is 1. The van der Waals surface area contributed by atoms with E-state index in [-0.39, 0.29) is 11.9 Å². The standard InChI is InChI=1S/C15H12BrFO2/c16-10-4-5-12-13(18)8-14(19-15(12)7-10)9-2-1-3-11(17)6-9/h1-7,13-14,18H,8H2. The number of hydrogen-bond acceptors (Lipinski definition) is 2. The topological polar surface area (TPSA) is 29.5 Å². The van der Waals surface area contributed by atoms with Crippen molar-refractivity contribution in [1.82, 2.24) is 0 Å². The minimum atomic E-state index is -0.592. The maximum Gasteiger partial charge on any atom is 0.127 e. The maximum absolute atomic E-state index is 13.3. The van der Waals surface area contributed by atoms with Crippen LogP contribution in [0.3, 0.4) is 0 Å². The van der Waals surface area contributed by atoms with Crippen molar-refractivity contribution < 1.29 is 14.2 Å². The number of ether oxygens (including phenoxy) is 1. The zero-order valence-electron chi connectivity index (χ0n) is 10.0. The molecular weight excluding hydrogens is 311 g/mol. The van der Waals surface area contributed by atoms with Crippen molar-refractivity contribution in [2.75, 3.05) is 0 Å². The van der Waals surface area contributed by atoms with Crippen molar-refractivity contribution in [2.45, 2.75) is 18.6 Å². The quantitative estimate of drug-likeness (QED) is 0.854. The molecule has 2 atom stereocenters. The van der Waals surface area contributed by atoms with Crippen LogP contribution in [0.5, 0.6) is 5.75 Å². The lowest BCUT2D eigenvalue weighted by Crippen LogP contribution is -2.19. The van der Waals surface area contributed by atoms with Crippen LogP contribution < -0.4 is 4.74 Å². The Hall–Kier alpha value is -1.39. The zero-order valence-corrected chi connectivity index (χ0v) is 11.6. The van der Waals surface area contributed by atoms with E-state index < -0.39 is 6.10 Å². The lowest BCUT2D eigenvalue weighted by molar-refractivity contribution is 0.0655. The first-order chi connectivity index (χ1) is 9.13. The Kier molecular flexibility index (Phi) is 3.29. The van der Waals surface area contributed by atoms with Crippen molar-refractivity contribution >= 4 is 15.9 Å². The first-order valence-corrected chi connectivity index (χ1v) is 6.82. The number of benzene rings is 2. The first-order valence-electron chi connectivity index (χ1n) is 6.03. The van der Waals surface area contributed by atoms with Crippen molar-refractivity contribution in [3.05, 3.63) is 63.9 Å². The predicted molar refractivity (Wildman–Crippen MR) is 73.5 cm³/mol. The van der Waals surface area contributed by atoms with Crippen LogP contribution >= 0.6 is 15.9 Å². The van der Waals surface area contributed by atoms with Gasteiger partial charge in [0.15, 0.2) is 0 Å². The van der Waals surface area contributed by atoms with E-state index in [9.17, 15) is 9.50 Å². The molecule has 1 heterocycles. The molecule has 98 valence electrons. The van der Waals surface area contributed by atoms with Gasteiger partial charge in [0, 0.05) is 16.5 Å². The van der Waals surface area contributed by atoms with Gasteiger partial charge in [-0.15, -0.1) is 0 Å². The third-order valence-electron chi connectivity index (χ3n) is 3.26. The summed E-state index contributed by atoms with van der Waals surface area (Å²) in [4.78, 5) is 0. The third-order valence-corrected chi connectivity index (χ3v) is 3.75. The van der Waals surface area contributed by atoms with Gasteiger partial charge in [0.2, 0.25) is 0 Å². The summed E-state index contributed by atoms with van der Waals surface area (Å²) in [5.41, 5.74) is 1.51. The van der Waals surface area contributed by atoms with E-state index in [2.05, 4.69) is 15.9 Å². The summed E-state index contributed by atoms with van der Waals surface area (Å²) in [6.45, 7) is 0. The first kappa shape index (κ1) is 12.6. The fourth-order valence-electron chi connectivity index (χ4n) is 2.33. The van der Waals surface area contributed by atoms with Crippen LogP contribution in [0.25, 0.3) is 0 Å². The Bertz CT molecular complexity index is 615. The second-order valence-corrected chi connectivity index (χ2v) is 5.51. The van der Waals surface area contributed by atoms with Crippen molar-refractivity contribution in [2.24, 2.45) is 0 Å². The van der Waals surface area contributed by atoms with Crippen LogP contribution in [-0.4, -0.2) is 5.11 Å². The van der Waals surface area contributed by atoms with Crippen molar-refractivity contribution in [1.29, 1.82) is 0 Å². The van der Waals surface area contributed by atoms with Crippen LogP contribution in [0.1, 0.15) is 29.8 Å². The van der Waals surface area contributed by atoms with Crippen LogP contribution in [0.4, 0.5) is 4.39 Å². The summed E-state index contributed by atoms with van der Waals surface area (Å²) in [5.74, 6) is 0.345. The van der Waals surface area contributed by atoms with Gasteiger partial charge in [-0.2, -0.15) is 0 Å². The number of halogens is 2. The number of hydrogen-bond donors (Lipinski definition) is 1. The Morgan fingerprint density at radius 1 is 1.21 bits per heavy atom. The van der Waals surface area contributed by atoms with Gasteiger partial charge < -0.3 is 9.84 Å².